The van der Waals surface area contributed by atoms with E-state index in [1.165, 1.54) is 51.4 Å². The number of ether oxygens (including phenoxy) is 3. The van der Waals surface area contributed by atoms with Gasteiger partial charge in [-0.15, -0.1) is 0 Å². The van der Waals surface area contributed by atoms with Crippen molar-refractivity contribution in [2.75, 3.05) is 13.2 Å². The lowest BCUT2D eigenvalue weighted by Gasteiger charge is -2.44. The lowest BCUT2D eigenvalue weighted by atomic mass is 9.85. The van der Waals surface area contributed by atoms with Gasteiger partial charge in [0.25, 0.3) is 0 Å². The molecule has 1 aliphatic carbocycles. The quantitative estimate of drug-likeness (QED) is 0.108. The van der Waals surface area contributed by atoms with Gasteiger partial charge in [-0.1, -0.05) is 98.3 Å². The molecule has 0 aromatic heterocycles. The molecule has 250 valence electrons. The van der Waals surface area contributed by atoms with Crippen molar-refractivity contribution in [2.45, 2.75) is 181 Å². The van der Waals surface area contributed by atoms with Crippen LogP contribution in [0, 0.1) is 5.41 Å². The van der Waals surface area contributed by atoms with E-state index in [0.29, 0.717) is 6.61 Å². The summed E-state index contributed by atoms with van der Waals surface area (Å²) >= 11 is 0. The molecule has 0 aromatic rings. The molecule has 2 aliphatic rings. The van der Waals surface area contributed by atoms with Crippen LogP contribution < -0.4 is 16.0 Å². The Balaban J connectivity index is 1.81. The SMILES string of the molecule is CCCCCCCC(CCCCCCC)NC(=O)N[C@H]1CCCC[C@@H]1OC(=O)CCNC(=O)C1OC(C)(C)OCC1(C)C. The first-order chi connectivity index (χ1) is 20.5. The van der Waals surface area contributed by atoms with Crippen molar-refractivity contribution >= 4 is 17.9 Å². The van der Waals surface area contributed by atoms with Crippen LogP contribution in [0.3, 0.4) is 0 Å². The standard InChI is InChI=1S/C34H63N3O6/c1-7-9-11-13-15-19-26(20-16-14-12-10-8-2)36-32(40)37-27-21-17-18-22-28(27)42-29(38)23-24-35-31(39)30-33(3,4)25-41-34(5,6)43-30/h26-28,30H,7-25H2,1-6H3,(H,35,39)(H2,36,37,40)/t27-,28-,30?/m0/s1. The molecule has 0 radical (unpaired) electrons. The Bertz CT molecular complexity index is 819. The van der Waals surface area contributed by atoms with Gasteiger partial charge in [0.15, 0.2) is 5.79 Å². The number of carbonyl (C=O) groups is 3. The number of hydrogen-bond donors (Lipinski definition) is 3. The largest absolute Gasteiger partial charge is 0.460 e. The molecule has 1 aliphatic heterocycles. The monoisotopic (exact) mass is 609 g/mol. The molecular formula is C34H63N3O6. The van der Waals surface area contributed by atoms with Crippen LogP contribution >= 0.6 is 0 Å². The number of hydrogen-bond acceptors (Lipinski definition) is 6. The van der Waals surface area contributed by atoms with Crippen molar-refractivity contribution in [1.82, 2.24) is 16.0 Å². The second-order valence-electron chi connectivity index (χ2n) is 13.9. The molecule has 1 heterocycles. The third-order valence-electron chi connectivity index (χ3n) is 8.72. The van der Waals surface area contributed by atoms with Crippen molar-refractivity contribution in [3.05, 3.63) is 0 Å². The van der Waals surface area contributed by atoms with Crippen LogP contribution in [-0.2, 0) is 23.8 Å². The maximum Gasteiger partial charge on any atom is 0.315 e. The van der Waals surface area contributed by atoms with E-state index in [-0.39, 0.29) is 49.1 Å². The Hall–Kier alpha value is -1.87. The lowest BCUT2D eigenvalue weighted by Crippen LogP contribution is -2.56. The van der Waals surface area contributed by atoms with E-state index in [4.69, 9.17) is 14.2 Å². The highest BCUT2D eigenvalue weighted by atomic mass is 16.7. The Labute approximate surface area is 261 Å². The molecule has 3 amide bonds. The number of rotatable bonds is 19. The summed E-state index contributed by atoms with van der Waals surface area (Å²) in [6.07, 6.45) is 16.7. The van der Waals surface area contributed by atoms with Gasteiger partial charge in [0.1, 0.15) is 12.2 Å². The topological polar surface area (TPSA) is 115 Å². The third-order valence-corrected chi connectivity index (χ3v) is 8.72. The molecule has 2 fully saturated rings. The molecule has 2 rings (SSSR count). The fourth-order valence-corrected chi connectivity index (χ4v) is 6.01. The predicted octanol–water partition coefficient (Wildman–Crippen LogP) is 6.91. The zero-order chi connectivity index (χ0) is 31.7. The molecule has 43 heavy (non-hydrogen) atoms. The van der Waals surface area contributed by atoms with Crippen molar-refractivity contribution in [2.24, 2.45) is 5.41 Å². The second-order valence-corrected chi connectivity index (χ2v) is 13.9. The molecule has 0 aromatic carbocycles. The van der Waals surface area contributed by atoms with Crippen LogP contribution in [0.1, 0.15) is 151 Å². The molecule has 0 bridgehead atoms. The molecule has 1 unspecified atom stereocenters. The zero-order valence-electron chi connectivity index (χ0n) is 28.2. The summed E-state index contributed by atoms with van der Waals surface area (Å²) < 4.78 is 17.4. The van der Waals surface area contributed by atoms with Gasteiger partial charge in [-0.2, -0.15) is 0 Å². The summed E-state index contributed by atoms with van der Waals surface area (Å²) in [6, 6.07) is -0.193. The van der Waals surface area contributed by atoms with Gasteiger partial charge in [0.05, 0.1) is 19.1 Å². The van der Waals surface area contributed by atoms with Crippen LogP contribution in [0.5, 0.6) is 0 Å². The number of carbonyl (C=O) groups excluding carboxylic acids is 3. The third kappa shape index (κ3) is 14.6. The summed E-state index contributed by atoms with van der Waals surface area (Å²) in [6.45, 7) is 12.5. The molecular weight excluding hydrogens is 546 g/mol. The van der Waals surface area contributed by atoms with Gasteiger partial charge in [-0.05, 0) is 46.0 Å². The number of urea groups is 1. The van der Waals surface area contributed by atoms with Gasteiger partial charge >= 0.3 is 12.0 Å². The highest BCUT2D eigenvalue weighted by Crippen LogP contribution is 2.34. The van der Waals surface area contributed by atoms with Crippen LogP contribution in [0.25, 0.3) is 0 Å². The molecule has 3 atom stereocenters. The molecule has 9 nitrogen and oxygen atoms in total. The molecule has 1 saturated heterocycles. The first kappa shape index (κ1) is 37.3. The average Bonchev–Trinajstić information content (AvgIpc) is 2.95. The van der Waals surface area contributed by atoms with Crippen molar-refractivity contribution in [3.8, 4) is 0 Å². The van der Waals surface area contributed by atoms with E-state index in [0.717, 1.165) is 51.4 Å². The summed E-state index contributed by atoms with van der Waals surface area (Å²) in [7, 11) is 0. The summed E-state index contributed by atoms with van der Waals surface area (Å²) in [5, 5.41) is 9.22. The van der Waals surface area contributed by atoms with Crippen molar-refractivity contribution in [3.63, 3.8) is 0 Å². The Morgan fingerprint density at radius 2 is 1.47 bits per heavy atom. The Morgan fingerprint density at radius 3 is 2.09 bits per heavy atom. The number of esters is 1. The number of amides is 3. The fraction of sp³-hybridized carbons (Fsp3) is 0.912. The highest BCUT2D eigenvalue weighted by molar-refractivity contribution is 5.82. The zero-order valence-corrected chi connectivity index (χ0v) is 28.2. The lowest BCUT2D eigenvalue weighted by molar-refractivity contribution is -0.304. The average molecular weight is 610 g/mol. The van der Waals surface area contributed by atoms with Gasteiger partial charge in [0, 0.05) is 18.0 Å². The Kier molecular flexibility index (Phi) is 16.9. The summed E-state index contributed by atoms with van der Waals surface area (Å²) in [5.41, 5.74) is -0.481. The van der Waals surface area contributed by atoms with E-state index in [2.05, 4.69) is 29.8 Å². The van der Waals surface area contributed by atoms with E-state index in [9.17, 15) is 14.4 Å². The van der Waals surface area contributed by atoms with Crippen LogP contribution in [0.15, 0.2) is 0 Å². The van der Waals surface area contributed by atoms with Crippen LogP contribution in [-0.4, -0.2) is 61.1 Å². The second kappa shape index (κ2) is 19.5. The number of nitrogens with one attached hydrogen (secondary N) is 3. The maximum atomic E-state index is 13.1. The van der Waals surface area contributed by atoms with Gasteiger partial charge in [0.2, 0.25) is 5.91 Å². The molecule has 0 spiro atoms. The predicted molar refractivity (Wildman–Crippen MR) is 171 cm³/mol. The van der Waals surface area contributed by atoms with Gasteiger partial charge in [-0.25, -0.2) is 4.79 Å². The minimum atomic E-state index is -0.838. The first-order valence-corrected chi connectivity index (χ1v) is 17.3. The first-order valence-electron chi connectivity index (χ1n) is 17.3. The smallest absolute Gasteiger partial charge is 0.315 e. The normalized spacial score (nSPS) is 23.0. The van der Waals surface area contributed by atoms with Crippen LogP contribution in [0.4, 0.5) is 4.79 Å². The molecule has 1 saturated carbocycles. The minimum Gasteiger partial charge on any atom is -0.460 e. The van der Waals surface area contributed by atoms with E-state index >= 15 is 0 Å². The fourth-order valence-electron chi connectivity index (χ4n) is 6.01. The Morgan fingerprint density at radius 1 is 0.860 bits per heavy atom. The molecule has 3 N–H and O–H groups in total. The minimum absolute atomic E-state index is 0.0618. The van der Waals surface area contributed by atoms with E-state index in [1.807, 2.05) is 13.8 Å². The highest BCUT2D eigenvalue weighted by Gasteiger charge is 2.45. The van der Waals surface area contributed by atoms with Gasteiger partial charge in [-0.3, -0.25) is 9.59 Å². The van der Waals surface area contributed by atoms with Crippen molar-refractivity contribution in [1.29, 1.82) is 0 Å². The number of unbranched alkanes of at least 4 members (excludes halogenated alkanes) is 8. The van der Waals surface area contributed by atoms with Gasteiger partial charge < -0.3 is 30.2 Å². The van der Waals surface area contributed by atoms with E-state index < -0.39 is 17.3 Å². The summed E-state index contributed by atoms with van der Waals surface area (Å²) in [4.78, 5) is 38.7. The molecule has 9 heteroatoms. The maximum absolute atomic E-state index is 13.1. The van der Waals surface area contributed by atoms with Crippen LogP contribution in [0.2, 0.25) is 0 Å². The summed E-state index contributed by atoms with van der Waals surface area (Å²) in [5.74, 6) is -1.47. The van der Waals surface area contributed by atoms with Crippen molar-refractivity contribution < 1.29 is 28.6 Å². The van der Waals surface area contributed by atoms with E-state index in [1.54, 1.807) is 13.8 Å².